The maximum Gasteiger partial charge on any atom is 0.0546 e. The van der Waals surface area contributed by atoms with Crippen LogP contribution in [0, 0.1) is 0 Å². The van der Waals surface area contributed by atoms with Gasteiger partial charge in [-0.1, -0.05) is 177 Å². The molecule has 1 nitrogen and oxygen atoms in total. The number of benzene rings is 8. The molecule has 0 saturated heterocycles. The lowest BCUT2D eigenvalue weighted by atomic mass is 9.79. The first-order valence-corrected chi connectivity index (χ1v) is 21.8. The van der Waals surface area contributed by atoms with Gasteiger partial charge in [-0.15, -0.1) is 11.3 Å². The molecule has 0 fully saturated rings. The van der Waals surface area contributed by atoms with Crippen LogP contribution >= 0.6 is 11.3 Å². The molecule has 0 aliphatic heterocycles. The number of hydrogen-bond donors (Lipinski definition) is 0. The zero-order valence-electron chi connectivity index (χ0n) is 35.4. The van der Waals surface area contributed by atoms with Gasteiger partial charge in [0.1, 0.15) is 0 Å². The molecule has 1 aliphatic rings. The fraction of sp³-hybridized carbons (Fsp3) is 0.193. The Labute approximate surface area is 353 Å². The summed E-state index contributed by atoms with van der Waals surface area (Å²) >= 11 is 1.88. The molecule has 0 bridgehead atoms. The predicted octanol–water partition coefficient (Wildman–Crippen LogP) is 16.9. The molecule has 8 aromatic carbocycles. The number of anilines is 3. The highest BCUT2D eigenvalue weighted by Crippen LogP contribution is 2.54. The smallest absolute Gasteiger partial charge is 0.0546 e. The minimum Gasteiger partial charge on any atom is -0.309 e. The molecule has 0 unspecified atom stereocenters. The van der Waals surface area contributed by atoms with Crippen molar-refractivity contribution in [2.45, 2.75) is 71.6 Å². The fourth-order valence-electron chi connectivity index (χ4n) is 9.50. The number of thiophene rings is 1. The molecule has 0 N–H and O–H groups in total. The van der Waals surface area contributed by atoms with Crippen LogP contribution in [0.25, 0.3) is 64.3 Å². The predicted molar refractivity (Wildman–Crippen MR) is 257 cm³/mol. The minimum absolute atomic E-state index is 0.0219. The van der Waals surface area contributed by atoms with E-state index in [-0.39, 0.29) is 16.2 Å². The van der Waals surface area contributed by atoms with E-state index < -0.39 is 0 Å². The van der Waals surface area contributed by atoms with Crippen molar-refractivity contribution >= 4 is 59.3 Å². The summed E-state index contributed by atoms with van der Waals surface area (Å²) in [5, 5.41) is 5.10. The largest absolute Gasteiger partial charge is 0.309 e. The normalized spacial score (nSPS) is 13.6. The average Bonchev–Trinajstić information content (AvgIpc) is 3.72. The Kier molecular flexibility index (Phi) is 8.57. The Hall–Kier alpha value is -5.96. The van der Waals surface area contributed by atoms with E-state index in [1.54, 1.807) is 0 Å². The number of rotatable bonds is 5. The summed E-state index contributed by atoms with van der Waals surface area (Å²) in [5.41, 5.74) is 16.4. The number of hydrogen-bond acceptors (Lipinski definition) is 2. The third kappa shape index (κ3) is 6.11. The molecule has 2 heteroatoms. The average molecular weight is 782 g/mol. The van der Waals surface area contributed by atoms with Gasteiger partial charge in [0.25, 0.3) is 0 Å². The lowest BCUT2D eigenvalue weighted by Gasteiger charge is -2.33. The first-order chi connectivity index (χ1) is 28.3. The van der Waals surface area contributed by atoms with E-state index in [0.29, 0.717) is 0 Å². The SMILES string of the molecule is CC(C)(C)c1ccc(N(c2ccc3c(c2)C(C)(C)c2cc(C(C)(C)C)ccc2-3)c2ccc3ccccc3c2-c2cccc3sc4ccccc4c23)c(-c2ccccc2)c1. The Balaban J connectivity index is 1.30. The van der Waals surface area contributed by atoms with Gasteiger partial charge in [0.05, 0.1) is 11.4 Å². The van der Waals surface area contributed by atoms with Crippen LogP contribution in [-0.4, -0.2) is 0 Å². The lowest BCUT2D eigenvalue weighted by Crippen LogP contribution is -2.19. The van der Waals surface area contributed by atoms with Crippen molar-refractivity contribution in [1.29, 1.82) is 0 Å². The van der Waals surface area contributed by atoms with Crippen LogP contribution in [0.4, 0.5) is 17.1 Å². The molecular formula is C57H51NS. The van der Waals surface area contributed by atoms with Gasteiger partial charge < -0.3 is 4.90 Å². The minimum atomic E-state index is -0.181. The van der Waals surface area contributed by atoms with Gasteiger partial charge in [-0.05, 0) is 109 Å². The number of fused-ring (bicyclic) bond motifs is 7. The molecule has 0 atom stereocenters. The lowest BCUT2D eigenvalue weighted by molar-refractivity contribution is 0.584. The summed E-state index contributed by atoms with van der Waals surface area (Å²) < 4.78 is 2.62. The summed E-state index contributed by atoms with van der Waals surface area (Å²) in [6.45, 7) is 18.7. The van der Waals surface area contributed by atoms with E-state index in [0.717, 1.165) is 17.1 Å². The van der Waals surface area contributed by atoms with Gasteiger partial charge in [-0.2, -0.15) is 0 Å². The third-order valence-corrected chi connectivity index (χ3v) is 13.9. The van der Waals surface area contributed by atoms with Crippen molar-refractivity contribution in [2.75, 3.05) is 4.90 Å². The van der Waals surface area contributed by atoms with Crippen LogP contribution in [-0.2, 0) is 16.2 Å². The van der Waals surface area contributed by atoms with Crippen molar-refractivity contribution in [1.82, 2.24) is 0 Å². The molecule has 0 saturated carbocycles. The topological polar surface area (TPSA) is 3.24 Å². The molecule has 0 spiro atoms. The van der Waals surface area contributed by atoms with E-state index in [1.165, 1.54) is 86.6 Å². The summed E-state index contributed by atoms with van der Waals surface area (Å²) in [6.07, 6.45) is 0. The fourth-order valence-corrected chi connectivity index (χ4v) is 10.6. The van der Waals surface area contributed by atoms with Gasteiger partial charge in [0.15, 0.2) is 0 Å². The number of nitrogens with zero attached hydrogens (tertiary/aromatic N) is 1. The molecule has 9 aromatic rings. The zero-order chi connectivity index (χ0) is 40.8. The molecule has 1 heterocycles. The highest BCUT2D eigenvalue weighted by molar-refractivity contribution is 7.25. The Bertz CT molecular complexity index is 3090. The van der Waals surface area contributed by atoms with Gasteiger partial charge in [0, 0.05) is 42.4 Å². The van der Waals surface area contributed by atoms with Gasteiger partial charge in [-0.3, -0.25) is 0 Å². The van der Waals surface area contributed by atoms with Crippen molar-refractivity contribution in [3.8, 4) is 33.4 Å². The highest BCUT2D eigenvalue weighted by Gasteiger charge is 2.37. The Morgan fingerprint density at radius 2 is 1.07 bits per heavy atom. The molecule has 1 aliphatic carbocycles. The van der Waals surface area contributed by atoms with Gasteiger partial charge >= 0.3 is 0 Å². The Morgan fingerprint density at radius 3 is 1.83 bits per heavy atom. The molecule has 1 aromatic heterocycles. The summed E-state index contributed by atoms with van der Waals surface area (Å²) in [6, 6.07) is 62.0. The van der Waals surface area contributed by atoms with Crippen LogP contribution in [0.15, 0.2) is 164 Å². The maximum atomic E-state index is 2.57. The maximum absolute atomic E-state index is 2.57. The van der Waals surface area contributed by atoms with E-state index >= 15 is 0 Å². The van der Waals surface area contributed by atoms with Gasteiger partial charge in [-0.25, -0.2) is 0 Å². The molecule has 10 rings (SSSR count). The second kappa shape index (κ2) is 13.5. The van der Waals surface area contributed by atoms with Crippen molar-refractivity contribution in [3.05, 3.63) is 186 Å². The third-order valence-electron chi connectivity index (χ3n) is 12.8. The van der Waals surface area contributed by atoms with Crippen LogP contribution in [0.5, 0.6) is 0 Å². The second-order valence-electron chi connectivity index (χ2n) is 19.0. The summed E-state index contributed by atoms with van der Waals surface area (Å²) in [4.78, 5) is 2.57. The second-order valence-corrected chi connectivity index (χ2v) is 20.1. The standard InChI is InChI=1S/C57H51NS/c1-55(2,3)38-27-32-49(46(33-38)36-17-10-9-11-18-36)58(40-28-30-43-42-29-26-39(56(4,5)6)34-47(42)57(7,8)48(43)35-40)50-31-25-37-19-12-13-20-41(37)53(50)45-22-16-24-52-54(45)44-21-14-15-23-51(44)59-52/h9-35H,1-8H3. The molecular weight excluding hydrogens is 731 g/mol. The van der Waals surface area contributed by atoms with Crippen molar-refractivity contribution in [2.24, 2.45) is 0 Å². The van der Waals surface area contributed by atoms with Crippen LogP contribution in [0.1, 0.15) is 77.6 Å². The van der Waals surface area contributed by atoms with E-state index in [2.05, 4.69) is 224 Å². The molecule has 0 amide bonds. The summed E-state index contributed by atoms with van der Waals surface area (Å²) in [7, 11) is 0. The van der Waals surface area contributed by atoms with E-state index in [9.17, 15) is 0 Å². The van der Waals surface area contributed by atoms with Gasteiger partial charge in [0.2, 0.25) is 0 Å². The van der Waals surface area contributed by atoms with Crippen LogP contribution in [0.2, 0.25) is 0 Å². The monoisotopic (exact) mass is 781 g/mol. The van der Waals surface area contributed by atoms with E-state index in [1.807, 2.05) is 11.3 Å². The molecule has 59 heavy (non-hydrogen) atoms. The molecule has 290 valence electrons. The first-order valence-electron chi connectivity index (χ1n) is 21.0. The highest BCUT2D eigenvalue weighted by atomic mass is 32.1. The summed E-state index contributed by atoms with van der Waals surface area (Å²) in [5.74, 6) is 0. The molecule has 0 radical (unpaired) electrons. The van der Waals surface area contributed by atoms with Crippen LogP contribution < -0.4 is 4.90 Å². The first kappa shape index (κ1) is 37.3. The van der Waals surface area contributed by atoms with Crippen LogP contribution in [0.3, 0.4) is 0 Å². The van der Waals surface area contributed by atoms with Crippen molar-refractivity contribution in [3.63, 3.8) is 0 Å². The quantitative estimate of drug-likeness (QED) is 0.168. The zero-order valence-corrected chi connectivity index (χ0v) is 36.3. The van der Waals surface area contributed by atoms with Crippen molar-refractivity contribution < 1.29 is 0 Å². The Morgan fingerprint density at radius 1 is 0.458 bits per heavy atom. The van der Waals surface area contributed by atoms with E-state index in [4.69, 9.17) is 0 Å².